The fourth-order valence-corrected chi connectivity index (χ4v) is 2.22. The number of morpholine rings is 1. The van der Waals surface area contributed by atoms with Gasteiger partial charge < -0.3 is 24.4 Å². The van der Waals surface area contributed by atoms with Gasteiger partial charge in [-0.3, -0.25) is 4.79 Å². The lowest BCUT2D eigenvalue weighted by atomic mass is 10.3. The topological polar surface area (TPSA) is 61.2 Å². The van der Waals surface area contributed by atoms with Crippen molar-refractivity contribution >= 4 is 5.91 Å². The Balaban J connectivity index is 1.65. The molecular weight excluding hydrogens is 272 g/mol. The number of rotatable bonds is 7. The van der Waals surface area contributed by atoms with E-state index < -0.39 is 0 Å². The number of nitrogens with one attached hydrogen (secondary N) is 2. The normalized spacial score (nSPS) is 15.5. The van der Waals surface area contributed by atoms with E-state index >= 15 is 0 Å². The van der Waals surface area contributed by atoms with Crippen LogP contribution in [0.3, 0.4) is 0 Å². The first-order valence-corrected chi connectivity index (χ1v) is 7.23. The molecule has 1 amide bonds. The van der Waals surface area contributed by atoms with Gasteiger partial charge in [0, 0.05) is 0 Å². The first kappa shape index (κ1) is 15.6. The lowest BCUT2D eigenvalue weighted by Crippen LogP contribution is -3.14. The third-order valence-corrected chi connectivity index (χ3v) is 3.43. The molecule has 1 fully saturated rings. The van der Waals surface area contributed by atoms with Gasteiger partial charge in [0.2, 0.25) is 0 Å². The minimum Gasteiger partial charge on any atom is -0.493 e. The monoisotopic (exact) mass is 295 g/mol. The van der Waals surface area contributed by atoms with Crippen LogP contribution in [0.1, 0.15) is 0 Å². The summed E-state index contributed by atoms with van der Waals surface area (Å²) < 4.78 is 15.9. The second kappa shape index (κ2) is 8.49. The summed E-state index contributed by atoms with van der Waals surface area (Å²) in [6.45, 7) is 5.20. The van der Waals surface area contributed by atoms with Crippen molar-refractivity contribution in [3.05, 3.63) is 24.3 Å². The lowest BCUT2D eigenvalue weighted by Gasteiger charge is -2.23. The first-order chi connectivity index (χ1) is 10.3. The SMILES string of the molecule is COc1ccccc1OCC(=O)NCC[NH+]1CCOCC1. The molecule has 0 spiro atoms. The Morgan fingerprint density at radius 2 is 2.00 bits per heavy atom. The molecule has 0 bridgehead atoms. The largest absolute Gasteiger partial charge is 0.493 e. The molecule has 6 heteroatoms. The van der Waals surface area contributed by atoms with E-state index in [1.54, 1.807) is 19.2 Å². The zero-order valence-electron chi connectivity index (χ0n) is 12.4. The molecule has 1 aromatic carbocycles. The number of carbonyl (C=O) groups is 1. The number of amides is 1. The van der Waals surface area contributed by atoms with Crippen molar-refractivity contribution in [2.45, 2.75) is 0 Å². The van der Waals surface area contributed by atoms with Gasteiger partial charge in [-0.25, -0.2) is 0 Å². The number of benzene rings is 1. The number of methoxy groups -OCH3 is 1. The molecule has 1 aliphatic rings. The van der Waals surface area contributed by atoms with Gasteiger partial charge in [0.25, 0.3) is 5.91 Å². The van der Waals surface area contributed by atoms with E-state index in [1.165, 1.54) is 4.90 Å². The second-order valence-corrected chi connectivity index (χ2v) is 4.90. The van der Waals surface area contributed by atoms with E-state index in [-0.39, 0.29) is 12.5 Å². The number of carbonyl (C=O) groups excluding carboxylic acids is 1. The number of ether oxygens (including phenoxy) is 3. The van der Waals surface area contributed by atoms with E-state index in [0.717, 1.165) is 32.8 Å². The summed E-state index contributed by atoms with van der Waals surface area (Å²) in [7, 11) is 1.58. The molecule has 21 heavy (non-hydrogen) atoms. The van der Waals surface area contributed by atoms with Crippen molar-refractivity contribution in [3.8, 4) is 11.5 Å². The molecule has 0 aromatic heterocycles. The Labute approximate surface area is 125 Å². The number of hydrogen-bond donors (Lipinski definition) is 2. The minimum atomic E-state index is -0.117. The van der Waals surface area contributed by atoms with Crippen LogP contribution in [0, 0.1) is 0 Å². The smallest absolute Gasteiger partial charge is 0.258 e. The van der Waals surface area contributed by atoms with Gasteiger partial charge in [-0.2, -0.15) is 0 Å². The summed E-state index contributed by atoms with van der Waals surface area (Å²) in [5.41, 5.74) is 0. The van der Waals surface area contributed by atoms with Gasteiger partial charge in [0.05, 0.1) is 33.4 Å². The van der Waals surface area contributed by atoms with Crippen LogP contribution < -0.4 is 19.7 Å². The molecule has 0 unspecified atom stereocenters. The van der Waals surface area contributed by atoms with Crippen molar-refractivity contribution < 1.29 is 23.9 Å². The third kappa shape index (κ3) is 5.24. The molecule has 1 heterocycles. The van der Waals surface area contributed by atoms with Crippen LogP contribution in [0.15, 0.2) is 24.3 Å². The molecule has 0 radical (unpaired) electrons. The Bertz CT molecular complexity index is 447. The van der Waals surface area contributed by atoms with Gasteiger partial charge >= 0.3 is 0 Å². The number of hydrogen-bond acceptors (Lipinski definition) is 4. The number of para-hydroxylation sites is 2. The molecule has 0 aliphatic carbocycles. The predicted molar refractivity (Wildman–Crippen MR) is 77.9 cm³/mol. The van der Waals surface area contributed by atoms with Crippen LogP contribution in [0.25, 0.3) is 0 Å². The quantitative estimate of drug-likeness (QED) is 0.685. The Kier molecular flexibility index (Phi) is 6.30. The zero-order valence-corrected chi connectivity index (χ0v) is 12.4. The minimum absolute atomic E-state index is 0.00117. The molecule has 1 saturated heterocycles. The molecule has 2 rings (SSSR count). The molecule has 1 aromatic rings. The fraction of sp³-hybridized carbons (Fsp3) is 0.533. The summed E-state index contributed by atoms with van der Waals surface area (Å²) in [5.74, 6) is 1.09. The summed E-state index contributed by atoms with van der Waals surface area (Å²) in [6.07, 6.45) is 0. The molecule has 2 N–H and O–H groups in total. The third-order valence-electron chi connectivity index (χ3n) is 3.43. The highest BCUT2D eigenvalue weighted by Gasteiger charge is 2.13. The molecule has 0 atom stereocenters. The van der Waals surface area contributed by atoms with E-state index in [0.29, 0.717) is 18.0 Å². The van der Waals surface area contributed by atoms with Crippen LogP contribution in [0.5, 0.6) is 11.5 Å². The Hall–Kier alpha value is -1.79. The average Bonchev–Trinajstić information content (AvgIpc) is 2.54. The van der Waals surface area contributed by atoms with E-state index in [1.807, 2.05) is 12.1 Å². The molecule has 116 valence electrons. The van der Waals surface area contributed by atoms with Crippen molar-refractivity contribution in [2.75, 3.05) is 53.1 Å². The molecular formula is C15H23N2O4+. The lowest BCUT2D eigenvalue weighted by molar-refractivity contribution is -0.906. The summed E-state index contributed by atoms with van der Waals surface area (Å²) >= 11 is 0. The van der Waals surface area contributed by atoms with E-state index in [9.17, 15) is 4.79 Å². The summed E-state index contributed by atoms with van der Waals surface area (Å²) in [4.78, 5) is 13.2. The maximum absolute atomic E-state index is 11.7. The second-order valence-electron chi connectivity index (χ2n) is 4.90. The van der Waals surface area contributed by atoms with Gasteiger partial charge in [0.1, 0.15) is 13.1 Å². The van der Waals surface area contributed by atoms with Crippen LogP contribution in [0.2, 0.25) is 0 Å². The van der Waals surface area contributed by atoms with Crippen LogP contribution in [0.4, 0.5) is 0 Å². The van der Waals surface area contributed by atoms with Crippen molar-refractivity contribution in [1.29, 1.82) is 0 Å². The maximum Gasteiger partial charge on any atom is 0.258 e. The van der Waals surface area contributed by atoms with Crippen molar-refractivity contribution in [3.63, 3.8) is 0 Å². The van der Waals surface area contributed by atoms with Crippen molar-refractivity contribution in [1.82, 2.24) is 5.32 Å². The molecule has 6 nitrogen and oxygen atoms in total. The van der Waals surface area contributed by atoms with Crippen LogP contribution >= 0.6 is 0 Å². The Morgan fingerprint density at radius 1 is 1.29 bits per heavy atom. The molecule has 1 aliphatic heterocycles. The fourth-order valence-electron chi connectivity index (χ4n) is 2.22. The maximum atomic E-state index is 11.7. The predicted octanol–water partition coefficient (Wildman–Crippen LogP) is -0.895. The number of quaternary nitrogens is 1. The van der Waals surface area contributed by atoms with Gasteiger partial charge in [-0.05, 0) is 12.1 Å². The highest BCUT2D eigenvalue weighted by atomic mass is 16.5. The van der Waals surface area contributed by atoms with Gasteiger partial charge in [0.15, 0.2) is 18.1 Å². The zero-order chi connectivity index (χ0) is 14.9. The summed E-state index contributed by atoms with van der Waals surface area (Å²) in [5, 5.41) is 2.87. The van der Waals surface area contributed by atoms with E-state index in [2.05, 4.69) is 5.32 Å². The first-order valence-electron chi connectivity index (χ1n) is 7.23. The van der Waals surface area contributed by atoms with Crippen LogP contribution in [-0.4, -0.2) is 59.0 Å². The Morgan fingerprint density at radius 3 is 2.71 bits per heavy atom. The van der Waals surface area contributed by atoms with E-state index in [4.69, 9.17) is 14.2 Å². The van der Waals surface area contributed by atoms with Crippen LogP contribution in [-0.2, 0) is 9.53 Å². The summed E-state index contributed by atoms with van der Waals surface area (Å²) in [6, 6.07) is 7.29. The molecule has 0 saturated carbocycles. The van der Waals surface area contributed by atoms with Gasteiger partial charge in [-0.15, -0.1) is 0 Å². The van der Waals surface area contributed by atoms with Gasteiger partial charge in [-0.1, -0.05) is 12.1 Å². The highest BCUT2D eigenvalue weighted by Crippen LogP contribution is 2.25. The highest BCUT2D eigenvalue weighted by molar-refractivity contribution is 5.77. The average molecular weight is 295 g/mol. The van der Waals surface area contributed by atoms with Crippen molar-refractivity contribution in [2.24, 2.45) is 0 Å². The standard InChI is InChI=1S/C15H22N2O4/c1-19-13-4-2-3-5-14(13)21-12-15(18)16-6-7-17-8-10-20-11-9-17/h2-5H,6-12H2,1H3,(H,16,18)/p+1.